The number of amides is 1. The summed E-state index contributed by atoms with van der Waals surface area (Å²) in [4.78, 5) is 12.0. The van der Waals surface area contributed by atoms with Crippen molar-refractivity contribution in [2.24, 2.45) is 11.1 Å². The summed E-state index contributed by atoms with van der Waals surface area (Å²) in [5.41, 5.74) is 11.4. The lowest BCUT2D eigenvalue weighted by Crippen LogP contribution is -2.35. The summed E-state index contributed by atoms with van der Waals surface area (Å²) in [6.45, 7) is 6.92. The van der Waals surface area contributed by atoms with Gasteiger partial charge in [-0.15, -0.1) is 0 Å². The van der Waals surface area contributed by atoms with Gasteiger partial charge in [0.15, 0.2) is 6.61 Å². The smallest absolute Gasteiger partial charge is 0.257 e. The third-order valence-electron chi connectivity index (χ3n) is 4.69. The number of carbonyl (C=O) groups is 1. The third-order valence-corrected chi connectivity index (χ3v) is 4.69. The molecule has 0 bridgehead atoms. The number of nitrogens with one attached hydrogen (secondary N) is 1. The van der Waals surface area contributed by atoms with Gasteiger partial charge < -0.3 is 15.8 Å². The molecule has 2 aromatic carbocycles. The second-order valence-corrected chi connectivity index (χ2v) is 8.16. The fourth-order valence-electron chi connectivity index (χ4n) is 3.26. The van der Waals surface area contributed by atoms with Crippen LogP contribution in [-0.4, -0.2) is 19.1 Å². The summed E-state index contributed by atoms with van der Waals surface area (Å²) >= 11 is 0. The normalized spacial score (nSPS) is 16.2. The lowest BCUT2D eigenvalue weighted by Gasteiger charge is -2.19. The summed E-state index contributed by atoms with van der Waals surface area (Å²) in [5, 5.41) is 2.90. The van der Waals surface area contributed by atoms with E-state index in [2.05, 4.69) is 44.3 Å². The van der Waals surface area contributed by atoms with E-state index in [4.69, 9.17) is 10.5 Å². The van der Waals surface area contributed by atoms with Crippen LogP contribution in [0.3, 0.4) is 0 Å². The number of hydrogen-bond donors (Lipinski definition) is 2. The zero-order chi connectivity index (χ0) is 18.7. The highest BCUT2D eigenvalue weighted by atomic mass is 16.5. The van der Waals surface area contributed by atoms with E-state index in [0.717, 1.165) is 18.4 Å². The number of carbonyl (C=O) groups excluding carboxylic acids is 1. The molecule has 138 valence electrons. The molecule has 0 saturated carbocycles. The van der Waals surface area contributed by atoms with Crippen molar-refractivity contribution in [2.75, 3.05) is 13.2 Å². The molecule has 0 saturated heterocycles. The molecular weight excluding hydrogens is 324 g/mol. The Balaban J connectivity index is 1.67. The van der Waals surface area contributed by atoms with E-state index in [9.17, 15) is 4.79 Å². The molecule has 2 aromatic rings. The van der Waals surface area contributed by atoms with E-state index in [1.807, 2.05) is 24.3 Å². The van der Waals surface area contributed by atoms with Crippen molar-refractivity contribution < 1.29 is 9.53 Å². The monoisotopic (exact) mass is 352 g/mol. The standard InChI is InChI=1S/C22H28N2O2/c1-22(2,3)14-24-20(25)13-26-17-10-11-19-16(12-17)9-8-15-6-4-5-7-18(15)21(19)23/h4-7,10-12,21H,8-9,13-14,23H2,1-3H3,(H,24,25). The third kappa shape index (κ3) is 4.44. The molecular formula is C22H28N2O2. The van der Waals surface area contributed by atoms with Crippen LogP contribution >= 0.6 is 0 Å². The highest BCUT2D eigenvalue weighted by Gasteiger charge is 2.20. The number of benzene rings is 2. The van der Waals surface area contributed by atoms with Crippen LogP contribution in [0.25, 0.3) is 0 Å². The van der Waals surface area contributed by atoms with Crippen molar-refractivity contribution in [2.45, 2.75) is 39.7 Å². The topological polar surface area (TPSA) is 64.3 Å². The molecule has 4 nitrogen and oxygen atoms in total. The maximum atomic E-state index is 12.0. The van der Waals surface area contributed by atoms with E-state index in [-0.39, 0.29) is 24.0 Å². The summed E-state index contributed by atoms with van der Waals surface area (Å²) in [6.07, 6.45) is 1.89. The summed E-state index contributed by atoms with van der Waals surface area (Å²) < 4.78 is 5.70. The first-order chi connectivity index (χ1) is 12.3. The van der Waals surface area contributed by atoms with Crippen molar-refractivity contribution >= 4 is 5.91 Å². The van der Waals surface area contributed by atoms with Crippen molar-refractivity contribution in [1.29, 1.82) is 0 Å². The number of rotatable bonds is 4. The van der Waals surface area contributed by atoms with Gasteiger partial charge in [0.2, 0.25) is 0 Å². The molecule has 0 radical (unpaired) electrons. The molecule has 1 aliphatic rings. The van der Waals surface area contributed by atoms with Crippen LogP contribution in [0.2, 0.25) is 0 Å². The van der Waals surface area contributed by atoms with Crippen LogP contribution in [0, 0.1) is 5.41 Å². The van der Waals surface area contributed by atoms with E-state index >= 15 is 0 Å². The minimum absolute atomic E-state index is 0.0289. The zero-order valence-electron chi connectivity index (χ0n) is 15.8. The maximum Gasteiger partial charge on any atom is 0.257 e. The van der Waals surface area contributed by atoms with Gasteiger partial charge in [0, 0.05) is 6.54 Å². The minimum atomic E-state index is -0.118. The number of aryl methyl sites for hydroxylation is 2. The van der Waals surface area contributed by atoms with Gasteiger partial charge in [-0.2, -0.15) is 0 Å². The van der Waals surface area contributed by atoms with Crippen LogP contribution in [-0.2, 0) is 17.6 Å². The van der Waals surface area contributed by atoms with Gasteiger partial charge in [-0.3, -0.25) is 4.79 Å². The Labute approximate surface area is 155 Å². The Kier molecular flexibility index (Phi) is 5.33. The first-order valence-electron chi connectivity index (χ1n) is 9.19. The summed E-state index contributed by atoms with van der Waals surface area (Å²) in [7, 11) is 0. The molecule has 1 unspecified atom stereocenters. The van der Waals surface area contributed by atoms with Crippen molar-refractivity contribution in [3.63, 3.8) is 0 Å². The van der Waals surface area contributed by atoms with E-state index in [0.29, 0.717) is 12.3 Å². The van der Waals surface area contributed by atoms with Gasteiger partial charge in [-0.1, -0.05) is 51.1 Å². The summed E-state index contributed by atoms with van der Waals surface area (Å²) in [5.74, 6) is 0.617. The van der Waals surface area contributed by atoms with Crippen molar-refractivity contribution in [3.8, 4) is 5.75 Å². The number of ether oxygens (including phenoxy) is 1. The van der Waals surface area contributed by atoms with Crippen LogP contribution in [0.15, 0.2) is 42.5 Å². The van der Waals surface area contributed by atoms with Gasteiger partial charge in [-0.05, 0) is 52.6 Å². The predicted molar refractivity (Wildman–Crippen MR) is 104 cm³/mol. The Hall–Kier alpha value is -2.33. The Morgan fingerprint density at radius 1 is 1.12 bits per heavy atom. The maximum absolute atomic E-state index is 12.0. The number of fused-ring (bicyclic) bond motifs is 2. The van der Waals surface area contributed by atoms with Gasteiger partial charge in [0.25, 0.3) is 5.91 Å². The van der Waals surface area contributed by atoms with E-state index in [1.165, 1.54) is 16.7 Å². The molecule has 3 N–H and O–H groups in total. The molecule has 3 rings (SSSR count). The highest BCUT2D eigenvalue weighted by Crippen LogP contribution is 2.32. The molecule has 4 heteroatoms. The van der Waals surface area contributed by atoms with Crippen LogP contribution < -0.4 is 15.8 Å². The molecule has 1 atom stereocenters. The first-order valence-corrected chi connectivity index (χ1v) is 9.19. The molecule has 0 spiro atoms. The van der Waals surface area contributed by atoms with Crippen molar-refractivity contribution in [1.82, 2.24) is 5.32 Å². The fourth-order valence-corrected chi connectivity index (χ4v) is 3.26. The minimum Gasteiger partial charge on any atom is -0.484 e. The van der Waals surface area contributed by atoms with Crippen LogP contribution in [0.5, 0.6) is 5.75 Å². The quantitative estimate of drug-likeness (QED) is 0.887. The van der Waals surface area contributed by atoms with Gasteiger partial charge in [-0.25, -0.2) is 0 Å². The Morgan fingerprint density at radius 2 is 1.81 bits per heavy atom. The number of nitrogens with two attached hydrogens (primary N) is 1. The van der Waals surface area contributed by atoms with E-state index in [1.54, 1.807) is 0 Å². The Bertz CT molecular complexity index is 793. The van der Waals surface area contributed by atoms with E-state index < -0.39 is 0 Å². The lowest BCUT2D eigenvalue weighted by atomic mass is 9.95. The first kappa shape index (κ1) is 18.5. The average Bonchev–Trinajstić information content (AvgIpc) is 2.75. The second kappa shape index (κ2) is 7.50. The zero-order valence-corrected chi connectivity index (χ0v) is 15.8. The predicted octanol–water partition coefficient (Wildman–Crippen LogP) is 3.37. The van der Waals surface area contributed by atoms with Gasteiger partial charge in [0.1, 0.15) is 5.75 Å². The second-order valence-electron chi connectivity index (χ2n) is 8.16. The van der Waals surface area contributed by atoms with Crippen molar-refractivity contribution in [3.05, 3.63) is 64.7 Å². The van der Waals surface area contributed by atoms with Crippen LogP contribution in [0.4, 0.5) is 0 Å². The molecule has 1 amide bonds. The Morgan fingerprint density at radius 3 is 2.58 bits per heavy atom. The molecule has 0 heterocycles. The molecule has 26 heavy (non-hydrogen) atoms. The largest absolute Gasteiger partial charge is 0.484 e. The SMILES string of the molecule is CC(C)(C)CNC(=O)COc1ccc2c(c1)CCc1ccccc1C2N. The molecule has 0 aromatic heterocycles. The fraction of sp³-hybridized carbons (Fsp3) is 0.409. The van der Waals surface area contributed by atoms with Crippen LogP contribution in [0.1, 0.15) is 49.1 Å². The number of hydrogen-bond acceptors (Lipinski definition) is 3. The average molecular weight is 352 g/mol. The highest BCUT2D eigenvalue weighted by molar-refractivity contribution is 5.77. The molecule has 0 aliphatic heterocycles. The van der Waals surface area contributed by atoms with Gasteiger partial charge in [0.05, 0.1) is 6.04 Å². The molecule has 1 aliphatic carbocycles. The molecule has 0 fully saturated rings. The van der Waals surface area contributed by atoms with Gasteiger partial charge >= 0.3 is 0 Å². The summed E-state index contributed by atoms with van der Waals surface area (Å²) in [6, 6.07) is 14.2. The lowest BCUT2D eigenvalue weighted by molar-refractivity contribution is -0.123.